The number of hydrogen-bond donors (Lipinski definition) is 3. The Morgan fingerprint density at radius 2 is 2.00 bits per heavy atom. The molecule has 0 unspecified atom stereocenters. The Morgan fingerprint density at radius 3 is 2.70 bits per heavy atom. The van der Waals surface area contributed by atoms with Gasteiger partial charge >= 0.3 is 0 Å². The van der Waals surface area contributed by atoms with Crippen LogP contribution in [-0.4, -0.2) is 68.6 Å². The van der Waals surface area contributed by atoms with Crippen LogP contribution in [0.4, 0.5) is 11.4 Å². The van der Waals surface area contributed by atoms with Crippen molar-refractivity contribution >= 4 is 11.4 Å². The molecular weight excluding hydrogens is 422 g/mol. The van der Waals surface area contributed by atoms with Gasteiger partial charge in [0.15, 0.2) is 0 Å². The van der Waals surface area contributed by atoms with Crippen LogP contribution in [0.5, 0.6) is 0 Å². The summed E-state index contributed by atoms with van der Waals surface area (Å²) in [6.45, 7) is 2.53. The molecule has 0 amide bonds. The summed E-state index contributed by atoms with van der Waals surface area (Å²) in [7, 11) is 0. The third-order valence-corrected chi connectivity index (χ3v) is 5.77. The van der Waals surface area contributed by atoms with Crippen LogP contribution in [0.1, 0.15) is 38.5 Å². The summed E-state index contributed by atoms with van der Waals surface area (Å²) >= 11 is 0. The maximum Gasteiger partial charge on any atom is 0.292 e. The molecule has 3 N–H and O–H groups in total. The second-order valence-corrected chi connectivity index (χ2v) is 7.99. The first-order valence-electron chi connectivity index (χ1n) is 11.2. The predicted octanol–water partition coefficient (Wildman–Crippen LogP) is 3.09. The topological polar surface area (TPSA) is 125 Å². The number of nitro benzene ring substituents is 1. The van der Waals surface area contributed by atoms with Gasteiger partial charge in [0.1, 0.15) is 5.69 Å². The average molecular weight is 456 g/mol. The van der Waals surface area contributed by atoms with Gasteiger partial charge in [0.2, 0.25) is 0 Å². The van der Waals surface area contributed by atoms with Crippen LogP contribution in [-0.2, 0) is 0 Å². The number of nitro groups is 1. The zero-order valence-corrected chi connectivity index (χ0v) is 18.8. The summed E-state index contributed by atoms with van der Waals surface area (Å²) in [4.78, 5) is 13.4. The van der Waals surface area contributed by atoms with Crippen molar-refractivity contribution in [3.8, 4) is 24.1 Å². The molecule has 0 spiro atoms. The lowest BCUT2D eigenvalue weighted by Crippen LogP contribution is -2.46. The molecule has 1 saturated heterocycles. The van der Waals surface area contributed by atoms with Gasteiger partial charge in [-0.2, -0.15) is 10.2 Å². The van der Waals surface area contributed by atoms with E-state index in [-0.39, 0.29) is 29.4 Å². The van der Waals surface area contributed by atoms with E-state index in [2.05, 4.69) is 33.3 Å². The Labute approximate surface area is 195 Å². The van der Waals surface area contributed by atoms with E-state index in [1.54, 1.807) is 24.4 Å². The van der Waals surface area contributed by atoms with Crippen LogP contribution in [0.15, 0.2) is 36.5 Å². The van der Waals surface area contributed by atoms with Gasteiger partial charge in [-0.25, -0.2) is 0 Å². The fraction of sp³-hybridized carbons (Fsp3) is 0.500. The van der Waals surface area contributed by atoms with Crippen LogP contribution < -0.4 is 5.32 Å². The zero-order chi connectivity index (χ0) is 24.1. The molecule has 1 fully saturated rings. The second-order valence-electron chi connectivity index (χ2n) is 7.99. The van der Waals surface area contributed by atoms with Crippen LogP contribution >= 0.6 is 0 Å². The number of terminal acetylenes is 1. The number of aliphatic hydroxyl groups excluding tert-OH is 2. The minimum absolute atomic E-state index is 0.0329. The first-order valence-corrected chi connectivity index (χ1v) is 11.2. The first-order chi connectivity index (χ1) is 16.1. The van der Waals surface area contributed by atoms with E-state index in [0.717, 1.165) is 45.2 Å². The lowest BCUT2D eigenvalue weighted by molar-refractivity contribution is -0.383. The van der Waals surface area contributed by atoms with Gasteiger partial charge in [-0.15, -0.1) is 12.8 Å². The molecule has 178 valence electrons. The number of unbranched alkanes of at least 4 members (excludes halogenated alkanes) is 3. The fourth-order valence-corrected chi connectivity index (χ4v) is 4.03. The highest BCUT2D eigenvalue weighted by Crippen LogP contribution is 2.29. The molecule has 0 bridgehead atoms. The van der Waals surface area contributed by atoms with Gasteiger partial charge in [0.05, 0.1) is 23.3 Å². The van der Waals surface area contributed by atoms with Gasteiger partial charge in [-0.1, -0.05) is 18.9 Å². The molecule has 9 nitrogen and oxygen atoms in total. The molecule has 0 aliphatic carbocycles. The number of aromatic nitrogens is 2. The fourth-order valence-electron chi connectivity index (χ4n) is 4.03. The van der Waals surface area contributed by atoms with Crippen LogP contribution in [0.25, 0.3) is 11.3 Å². The Bertz CT molecular complexity index is 878. The normalized spacial score (nSPS) is 18.2. The molecule has 1 aliphatic rings. The minimum Gasteiger partial charge on any atom is -0.395 e. The molecule has 2 atom stereocenters. The van der Waals surface area contributed by atoms with Crippen LogP contribution in [0, 0.1) is 23.0 Å². The van der Waals surface area contributed by atoms with Gasteiger partial charge < -0.3 is 15.5 Å². The van der Waals surface area contributed by atoms with Crippen LogP contribution in [0.3, 0.4) is 0 Å². The predicted molar refractivity (Wildman–Crippen MR) is 129 cm³/mol. The number of rotatable bonds is 11. The summed E-state index contributed by atoms with van der Waals surface area (Å²) in [5, 5.41) is 41.7. The third kappa shape index (κ3) is 8.09. The van der Waals surface area contributed by atoms with E-state index in [0.29, 0.717) is 29.9 Å². The van der Waals surface area contributed by atoms with Gasteiger partial charge in [0.25, 0.3) is 5.69 Å². The van der Waals surface area contributed by atoms with E-state index in [1.165, 1.54) is 6.07 Å². The zero-order valence-electron chi connectivity index (χ0n) is 18.8. The Hall–Kier alpha value is -3.06. The number of anilines is 1. The van der Waals surface area contributed by atoms with E-state index in [1.807, 2.05) is 6.07 Å². The molecule has 9 heteroatoms. The second kappa shape index (κ2) is 14.2. The lowest BCUT2D eigenvalue weighted by Gasteiger charge is -2.36. The standard InChI is InChI=1S/C22H31N5O4.C2H2/c28-16-18-15-19(29)9-13-26(18)12-4-2-1-3-10-23-21-8-7-17(14-22(21)27(30)31)20-6-5-11-24-25-20;1-2/h5-8,11,14,18-19,23,28-29H,1-4,9-10,12-13,15-16H2;1-2H/t18-,19+;/m0./s1. The SMILES string of the molecule is C#C.O=[N+]([O-])c1cc(-c2cccnn2)ccc1NCCCCCCN1CC[C@@H](O)C[C@H]1CO. The van der Waals surface area contributed by atoms with E-state index < -0.39 is 0 Å². The van der Waals surface area contributed by atoms with Crippen molar-refractivity contribution in [2.75, 3.05) is 31.6 Å². The Kier molecular flexibility index (Phi) is 11.2. The number of hydrogen-bond acceptors (Lipinski definition) is 8. The molecule has 1 aromatic carbocycles. The van der Waals surface area contributed by atoms with Crippen molar-refractivity contribution < 1.29 is 15.1 Å². The first kappa shape index (κ1) is 26.2. The minimum atomic E-state index is -0.380. The maximum absolute atomic E-state index is 11.5. The third-order valence-electron chi connectivity index (χ3n) is 5.77. The average Bonchev–Trinajstić information content (AvgIpc) is 2.85. The molecule has 0 saturated carbocycles. The highest BCUT2D eigenvalue weighted by molar-refractivity contribution is 5.71. The summed E-state index contributed by atoms with van der Waals surface area (Å²) in [5.74, 6) is 0. The number of aliphatic hydroxyl groups is 2. The number of piperidine rings is 1. The van der Waals surface area contributed by atoms with Crippen molar-refractivity contribution in [2.45, 2.75) is 50.7 Å². The number of benzene rings is 1. The van der Waals surface area contributed by atoms with Crippen molar-refractivity contribution in [3.63, 3.8) is 0 Å². The highest BCUT2D eigenvalue weighted by atomic mass is 16.6. The monoisotopic (exact) mass is 455 g/mol. The maximum atomic E-state index is 11.5. The molecule has 1 aromatic heterocycles. The van der Waals surface area contributed by atoms with Gasteiger partial charge in [-0.05, 0) is 50.4 Å². The van der Waals surface area contributed by atoms with Crippen molar-refractivity contribution in [1.82, 2.24) is 15.1 Å². The summed E-state index contributed by atoms with van der Waals surface area (Å²) in [6.07, 6.45) is 14.7. The highest BCUT2D eigenvalue weighted by Gasteiger charge is 2.26. The van der Waals surface area contributed by atoms with Gasteiger partial charge in [0, 0.05) is 37.0 Å². The Balaban J connectivity index is 0.00000187. The number of likely N-dealkylation sites (tertiary alicyclic amines) is 1. The number of nitrogens with one attached hydrogen (secondary N) is 1. The lowest BCUT2D eigenvalue weighted by atomic mass is 9.99. The summed E-state index contributed by atoms with van der Waals surface area (Å²) < 4.78 is 0. The molecular formula is C24H33N5O4. The van der Waals surface area contributed by atoms with Crippen molar-refractivity contribution in [1.29, 1.82) is 0 Å². The van der Waals surface area contributed by atoms with E-state index in [9.17, 15) is 20.3 Å². The molecule has 3 rings (SSSR count). The molecule has 1 aliphatic heterocycles. The largest absolute Gasteiger partial charge is 0.395 e. The van der Waals surface area contributed by atoms with Crippen LogP contribution in [0.2, 0.25) is 0 Å². The quantitative estimate of drug-likeness (QED) is 0.204. The molecule has 0 radical (unpaired) electrons. The smallest absolute Gasteiger partial charge is 0.292 e. The summed E-state index contributed by atoms with van der Waals surface area (Å²) in [6, 6.07) is 8.65. The van der Waals surface area contributed by atoms with Crippen molar-refractivity contribution in [2.24, 2.45) is 0 Å². The van der Waals surface area contributed by atoms with E-state index >= 15 is 0 Å². The molecule has 33 heavy (non-hydrogen) atoms. The molecule has 2 aromatic rings. The van der Waals surface area contributed by atoms with E-state index in [4.69, 9.17) is 0 Å². The van der Waals surface area contributed by atoms with Gasteiger partial charge in [-0.3, -0.25) is 15.0 Å². The Morgan fingerprint density at radius 1 is 1.21 bits per heavy atom. The summed E-state index contributed by atoms with van der Waals surface area (Å²) in [5.41, 5.74) is 1.81. The molecule has 2 heterocycles. The number of nitrogens with zero attached hydrogens (tertiary/aromatic N) is 4. The van der Waals surface area contributed by atoms with Crippen molar-refractivity contribution in [3.05, 3.63) is 46.6 Å².